The first-order valence-electron chi connectivity index (χ1n) is 2.52. The van der Waals surface area contributed by atoms with Crippen molar-refractivity contribution in [1.82, 2.24) is 4.98 Å². The average Bonchev–Trinajstić information content (AvgIpc) is 2.18. The van der Waals surface area contributed by atoms with E-state index in [-0.39, 0.29) is 6.54 Å². The smallest absolute Gasteiger partial charge is 0.181 e. The van der Waals surface area contributed by atoms with Crippen LogP contribution in [0.25, 0.3) is 0 Å². The van der Waals surface area contributed by atoms with Crippen molar-refractivity contribution in [3.05, 3.63) is 22.8 Å². The van der Waals surface area contributed by atoms with Gasteiger partial charge in [0, 0.05) is 0 Å². The zero-order chi connectivity index (χ0) is 6.69. The van der Waals surface area contributed by atoms with Crippen molar-refractivity contribution < 1.29 is 4.42 Å². The number of nitroso groups, excluding NO2 is 1. The lowest BCUT2D eigenvalue weighted by Crippen LogP contribution is -1.79. The molecular weight excluding hydrogens is 120 g/mol. The van der Waals surface area contributed by atoms with Crippen LogP contribution in [0.1, 0.15) is 11.5 Å². The second kappa shape index (κ2) is 2.39. The Morgan fingerprint density at radius 2 is 2.67 bits per heavy atom. The third-order valence-electron chi connectivity index (χ3n) is 1.05. The molecule has 0 unspecified atom stereocenters. The molecule has 0 aromatic carbocycles. The predicted molar refractivity (Wildman–Crippen MR) is 30.7 cm³/mol. The molecule has 0 atom stereocenters. The van der Waals surface area contributed by atoms with E-state index in [0.717, 1.165) is 5.69 Å². The molecule has 0 fully saturated rings. The summed E-state index contributed by atoms with van der Waals surface area (Å²) in [5.41, 5.74) is 0.731. The minimum Gasteiger partial charge on any atom is -0.446 e. The lowest BCUT2D eigenvalue weighted by Gasteiger charge is -1.83. The summed E-state index contributed by atoms with van der Waals surface area (Å²) in [5, 5.41) is 2.66. The number of rotatable bonds is 2. The highest BCUT2D eigenvalue weighted by atomic mass is 16.3. The summed E-state index contributed by atoms with van der Waals surface area (Å²) in [5.74, 6) is 0.546. The van der Waals surface area contributed by atoms with Gasteiger partial charge in [0.05, 0.1) is 5.69 Å². The Bertz CT molecular complexity index is 206. The van der Waals surface area contributed by atoms with Gasteiger partial charge in [-0.15, -0.1) is 0 Å². The third kappa shape index (κ3) is 1.13. The molecule has 1 aromatic rings. The summed E-state index contributed by atoms with van der Waals surface area (Å²) >= 11 is 0. The fraction of sp³-hybridized carbons (Fsp3) is 0.400. The summed E-state index contributed by atoms with van der Waals surface area (Å²) in [6.07, 6.45) is 1.30. The summed E-state index contributed by atoms with van der Waals surface area (Å²) in [4.78, 5) is 13.5. The van der Waals surface area contributed by atoms with Crippen LogP contribution in [-0.2, 0) is 6.54 Å². The van der Waals surface area contributed by atoms with Crippen molar-refractivity contribution in [2.75, 3.05) is 0 Å². The normalized spacial score (nSPS) is 9.44. The minimum atomic E-state index is 0.0752. The molecule has 0 aliphatic carbocycles. The third-order valence-corrected chi connectivity index (χ3v) is 1.05. The highest BCUT2D eigenvalue weighted by molar-refractivity contribution is 5.03. The maximum absolute atomic E-state index is 9.69. The van der Waals surface area contributed by atoms with Crippen molar-refractivity contribution in [1.29, 1.82) is 0 Å². The highest BCUT2D eigenvalue weighted by Crippen LogP contribution is 2.04. The molecule has 1 aromatic heterocycles. The lowest BCUT2D eigenvalue weighted by molar-refractivity contribution is 0.504. The van der Waals surface area contributed by atoms with E-state index in [4.69, 9.17) is 4.42 Å². The van der Waals surface area contributed by atoms with Gasteiger partial charge in [0.2, 0.25) is 0 Å². The minimum absolute atomic E-state index is 0.0752. The quantitative estimate of drug-likeness (QED) is 0.560. The van der Waals surface area contributed by atoms with Gasteiger partial charge in [0.1, 0.15) is 6.54 Å². The first kappa shape index (κ1) is 5.94. The molecule has 1 rings (SSSR count). The van der Waals surface area contributed by atoms with E-state index < -0.39 is 0 Å². The number of aryl methyl sites for hydroxylation is 1. The number of hydrogen-bond donors (Lipinski definition) is 0. The van der Waals surface area contributed by atoms with E-state index in [1.165, 1.54) is 6.39 Å². The van der Waals surface area contributed by atoms with Crippen molar-refractivity contribution in [3.8, 4) is 0 Å². The second-order valence-electron chi connectivity index (χ2n) is 1.65. The number of nitrogens with zero attached hydrogens (tertiary/aromatic N) is 2. The average molecular weight is 126 g/mol. The molecule has 0 N–H and O–H groups in total. The standard InChI is InChI=1S/C5H6N2O2/c1-4-5(2-7-8)9-3-6-4/h3H,2H2,1H3. The number of aromatic nitrogens is 1. The lowest BCUT2D eigenvalue weighted by atomic mass is 10.4. The molecule has 0 saturated heterocycles. The Balaban J connectivity index is 2.80. The summed E-state index contributed by atoms with van der Waals surface area (Å²) in [6, 6.07) is 0. The molecular formula is C5H6N2O2. The fourth-order valence-corrected chi connectivity index (χ4v) is 0.537. The number of oxazole rings is 1. The Kier molecular flexibility index (Phi) is 1.58. The van der Waals surface area contributed by atoms with Crippen molar-refractivity contribution in [2.24, 2.45) is 5.18 Å². The number of hydrogen-bond acceptors (Lipinski definition) is 4. The molecule has 0 aliphatic heterocycles. The molecule has 9 heavy (non-hydrogen) atoms. The molecule has 4 nitrogen and oxygen atoms in total. The van der Waals surface area contributed by atoms with Gasteiger partial charge in [-0.25, -0.2) is 4.98 Å². The topological polar surface area (TPSA) is 55.5 Å². The van der Waals surface area contributed by atoms with Gasteiger partial charge >= 0.3 is 0 Å². The van der Waals surface area contributed by atoms with Crippen LogP contribution in [0, 0.1) is 11.8 Å². The highest BCUT2D eigenvalue weighted by Gasteiger charge is 2.00. The van der Waals surface area contributed by atoms with Gasteiger partial charge in [-0.1, -0.05) is 5.18 Å². The van der Waals surface area contributed by atoms with Gasteiger partial charge in [0.25, 0.3) is 0 Å². The van der Waals surface area contributed by atoms with Crippen LogP contribution in [0.15, 0.2) is 16.0 Å². The Morgan fingerprint density at radius 3 is 3.11 bits per heavy atom. The molecule has 0 amide bonds. The van der Waals surface area contributed by atoms with Crippen LogP contribution in [0.5, 0.6) is 0 Å². The van der Waals surface area contributed by atoms with Crippen LogP contribution < -0.4 is 0 Å². The largest absolute Gasteiger partial charge is 0.446 e. The Labute approximate surface area is 51.9 Å². The van der Waals surface area contributed by atoms with Gasteiger partial charge < -0.3 is 4.42 Å². The van der Waals surface area contributed by atoms with E-state index in [9.17, 15) is 4.91 Å². The Morgan fingerprint density at radius 1 is 1.89 bits per heavy atom. The van der Waals surface area contributed by atoms with E-state index in [0.29, 0.717) is 5.76 Å². The van der Waals surface area contributed by atoms with Gasteiger partial charge in [-0.2, -0.15) is 4.91 Å². The van der Waals surface area contributed by atoms with Crippen molar-refractivity contribution in [3.63, 3.8) is 0 Å². The molecule has 0 spiro atoms. The molecule has 1 heterocycles. The van der Waals surface area contributed by atoms with Gasteiger partial charge in [-0.3, -0.25) is 0 Å². The maximum Gasteiger partial charge on any atom is 0.181 e. The van der Waals surface area contributed by atoms with Crippen LogP contribution in [-0.4, -0.2) is 4.98 Å². The van der Waals surface area contributed by atoms with Crippen LogP contribution in [0.3, 0.4) is 0 Å². The molecule has 4 heteroatoms. The maximum atomic E-state index is 9.69. The predicted octanol–water partition coefficient (Wildman–Crippen LogP) is 1.25. The molecule has 0 saturated carbocycles. The molecule has 48 valence electrons. The van der Waals surface area contributed by atoms with E-state index in [2.05, 4.69) is 10.2 Å². The molecule has 0 radical (unpaired) electrons. The van der Waals surface area contributed by atoms with Crippen LogP contribution >= 0.6 is 0 Å². The monoisotopic (exact) mass is 126 g/mol. The SMILES string of the molecule is Cc1ncoc1CN=O. The zero-order valence-electron chi connectivity index (χ0n) is 5.00. The first-order valence-corrected chi connectivity index (χ1v) is 2.52. The molecule has 0 aliphatic rings. The van der Waals surface area contributed by atoms with Crippen molar-refractivity contribution >= 4 is 0 Å². The van der Waals surface area contributed by atoms with E-state index >= 15 is 0 Å². The van der Waals surface area contributed by atoms with Gasteiger partial charge in [-0.05, 0) is 6.92 Å². The van der Waals surface area contributed by atoms with Crippen molar-refractivity contribution in [2.45, 2.75) is 13.5 Å². The van der Waals surface area contributed by atoms with Crippen LogP contribution in [0.4, 0.5) is 0 Å². The molecule has 0 bridgehead atoms. The summed E-state index contributed by atoms with van der Waals surface area (Å²) < 4.78 is 4.80. The summed E-state index contributed by atoms with van der Waals surface area (Å²) in [7, 11) is 0. The van der Waals surface area contributed by atoms with E-state index in [1.807, 2.05) is 0 Å². The Hall–Kier alpha value is -1.19. The summed E-state index contributed by atoms with van der Waals surface area (Å²) in [6.45, 7) is 1.84. The zero-order valence-corrected chi connectivity index (χ0v) is 5.00. The first-order chi connectivity index (χ1) is 4.34. The second-order valence-corrected chi connectivity index (χ2v) is 1.65. The van der Waals surface area contributed by atoms with Crippen LogP contribution in [0.2, 0.25) is 0 Å². The van der Waals surface area contributed by atoms with Gasteiger partial charge in [0.15, 0.2) is 12.2 Å². The fourth-order valence-electron chi connectivity index (χ4n) is 0.537. The van der Waals surface area contributed by atoms with E-state index in [1.54, 1.807) is 6.92 Å².